The van der Waals surface area contributed by atoms with Gasteiger partial charge >= 0.3 is 0 Å². The van der Waals surface area contributed by atoms with Gasteiger partial charge < -0.3 is 9.88 Å². The van der Waals surface area contributed by atoms with Crippen LogP contribution in [0.3, 0.4) is 0 Å². The molecule has 8 heteroatoms. The molecule has 0 aliphatic rings. The molecule has 27 heavy (non-hydrogen) atoms. The minimum atomic E-state index is -0.247. The van der Waals surface area contributed by atoms with Gasteiger partial charge in [0.15, 0.2) is 0 Å². The van der Waals surface area contributed by atoms with Crippen LogP contribution in [0.15, 0.2) is 42.3 Å². The maximum absolute atomic E-state index is 13.3. The number of benzene rings is 1. The number of hydrogen-bond acceptors (Lipinski definition) is 6. The lowest BCUT2D eigenvalue weighted by Gasteiger charge is -2.11. The second-order valence-corrected chi connectivity index (χ2v) is 7.38. The first kappa shape index (κ1) is 17.5. The van der Waals surface area contributed by atoms with Gasteiger partial charge in [-0.25, -0.2) is 14.4 Å². The molecule has 4 aromatic rings. The van der Waals surface area contributed by atoms with Crippen molar-refractivity contribution in [1.82, 2.24) is 24.7 Å². The number of aromatic nitrogens is 5. The molecule has 0 aliphatic heterocycles. The summed E-state index contributed by atoms with van der Waals surface area (Å²) in [6.07, 6.45) is 3.31. The van der Waals surface area contributed by atoms with Crippen molar-refractivity contribution < 1.29 is 4.39 Å². The molecule has 1 N–H and O–H groups in total. The molecule has 0 atom stereocenters. The Morgan fingerprint density at radius 3 is 2.78 bits per heavy atom. The quantitative estimate of drug-likeness (QED) is 0.538. The fraction of sp³-hybridized carbons (Fsp3) is 0.263. The standard InChI is InChI=1S/C19H19FN6S/c1-12(2)18-25-24-11-26(18)8-7-21-17-16-15(9-27-19(16)23-10-22-17)13-3-5-14(20)6-4-13/h3-6,9-12H,7-8H2,1-2H3,(H,21,22,23). The number of fused-ring (bicyclic) bond motifs is 1. The highest BCUT2D eigenvalue weighted by molar-refractivity contribution is 7.17. The fourth-order valence-electron chi connectivity index (χ4n) is 3.03. The average molecular weight is 382 g/mol. The van der Waals surface area contributed by atoms with E-state index in [4.69, 9.17) is 0 Å². The number of nitrogens with zero attached hydrogens (tertiary/aromatic N) is 5. The highest BCUT2D eigenvalue weighted by Crippen LogP contribution is 2.36. The van der Waals surface area contributed by atoms with Crippen molar-refractivity contribution in [3.63, 3.8) is 0 Å². The molecule has 4 rings (SSSR count). The van der Waals surface area contributed by atoms with E-state index in [1.807, 2.05) is 9.95 Å². The number of anilines is 1. The minimum absolute atomic E-state index is 0.247. The van der Waals surface area contributed by atoms with E-state index in [0.717, 1.165) is 39.5 Å². The van der Waals surface area contributed by atoms with E-state index in [0.29, 0.717) is 12.5 Å². The Morgan fingerprint density at radius 1 is 1.19 bits per heavy atom. The van der Waals surface area contributed by atoms with Gasteiger partial charge in [0.2, 0.25) is 0 Å². The van der Waals surface area contributed by atoms with Crippen LogP contribution in [0.5, 0.6) is 0 Å². The van der Waals surface area contributed by atoms with Crippen LogP contribution in [0.25, 0.3) is 21.3 Å². The van der Waals surface area contributed by atoms with E-state index < -0.39 is 0 Å². The van der Waals surface area contributed by atoms with Gasteiger partial charge in [-0.2, -0.15) is 0 Å². The third kappa shape index (κ3) is 3.52. The van der Waals surface area contributed by atoms with Crippen LogP contribution in [-0.4, -0.2) is 31.3 Å². The van der Waals surface area contributed by atoms with Crippen LogP contribution in [0.4, 0.5) is 10.2 Å². The Morgan fingerprint density at radius 2 is 2.00 bits per heavy atom. The largest absolute Gasteiger partial charge is 0.368 e. The molecular weight excluding hydrogens is 363 g/mol. The first-order chi connectivity index (χ1) is 13.1. The van der Waals surface area contributed by atoms with E-state index in [1.54, 1.807) is 36.1 Å². The molecule has 0 fully saturated rings. The molecule has 0 bridgehead atoms. The van der Waals surface area contributed by atoms with Crippen LogP contribution in [0, 0.1) is 5.82 Å². The fourth-order valence-corrected chi connectivity index (χ4v) is 3.95. The highest BCUT2D eigenvalue weighted by atomic mass is 32.1. The van der Waals surface area contributed by atoms with Gasteiger partial charge in [-0.1, -0.05) is 26.0 Å². The van der Waals surface area contributed by atoms with Crippen molar-refractivity contribution in [3.8, 4) is 11.1 Å². The molecule has 0 radical (unpaired) electrons. The van der Waals surface area contributed by atoms with Gasteiger partial charge in [0.25, 0.3) is 0 Å². The van der Waals surface area contributed by atoms with Crippen LogP contribution >= 0.6 is 11.3 Å². The Labute approximate surface area is 160 Å². The van der Waals surface area contributed by atoms with Crippen molar-refractivity contribution in [2.75, 3.05) is 11.9 Å². The van der Waals surface area contributed by atoms with Gasteiger partial charge in [-0.3, -0.25) is 0 Å². The molecular formula is C19H19FN6S. The summed E-state index contributed by atoms with van der Waals surface area (Å²) >= 11 is 1.55. The van der Waals surface area contributed by atoms with E-state index in [9.17, 15) is 4.39 Å². The average Bonchev–Trinajstić information content (AvgIpc) is 3.30. The second kappa shape index (κ2) is 7.40. The maximum atomic E-state index is 13.3. The molecule has 138 valence electrons. The molecule has 0 spiro atoms. The van der Waals surface area contributed by atoms with Crippen molar-refractivity contribution in [2.45, 2.75) is 26.3 Å². The molecule has 0 amide bonds. The first-order valence-corrected chi connectivity index (χ1v) is 9.61. The lowest BCUT2D eigenvalue weighted by atomic mass is 10.1. The summed E-state index contributed by atoms with van der Waals surface area (Å²) in [7, 11) is 0. The summed E-state index contributed by atoms with van der Waals surface area (Å²) < 4.78 is 15.3. The van der Waals surface area contributed by atoms with E-state index in [2.05, 4.69) is 39.3 Å². The van der Waals surface area contributed by atoms with Crippen molar-refractivity contribution in [1.29, 1.82) is 0 Å². The monoisotopic (exact) mass is 382 g/mol. The third-order valence-corrected chi connectivity index (χ3v) is 5.22. The summed E-state index contributed by atoms with van der Waals surface area (Å²) in [6.45, 7) is 5.62. The van der Waals surface area contributed by atoms with Gasteiger partial charge in [-0.05, 0) is 17.7 Å². The predicted octanol–water partition coefficient (Wildman–Crippen LogP) is 4.32. The van der Waals surface area contributed by atoms with Crippen molar-refractivity contribution in [3.05, 3.63) is 53.9 Å². The first-order valence-electron chi connectivity index (χ1n) is 8.73. The van der Waals surface area contributed by atoms with Crippen LogP contribution in [-0.2, 0) is 6.54 Å². The zero-order valence-electron chi connectivity index (χ0n) is 15.1. The Hall–Kier alpha value is -2.87. The zero-order chi connectivity index (χ0) is 18.8. The molecule has 0 saturated heterocycles. The SMILES string of the molecule is CC(C)c1nncn1CCNc1ncnc2scc(-c3ccc(F)cc3)c12. The van der Waals surface area contributed by atoms with Gasteiger partial charge in [0.1, 0.15) is 34.9 Å². The summed E-state index contributed by atoms with van der Waals surface area (Å²) in [5, 5.41) is 14.6. The topological polar surface area (TPSA) is 68.5 Å². The zero-order valence-corrected chi connectivity index (χ0v) is 15.9. The summed E-state index contributed by atoms with van der Waals surface area (Å²) in [6, 6.07) is 6.49. The number of rotatable bonds is 6. The lowest BCUT2D eigenvalue weighted by molar-refractivity contribution is 0.628. The molecule has 3 heterocycles. The van der Waals surface area contributed by atoms with Crippen LogP contribution in [0.2, 0.25) is 0 Å². The summed E-state index contributed by atoms with van der Waals surface area (Å²) in [5.41, 5.74) is 1.95. The van der Waals surface area contributed by atoms with Gasteiger partial charge in [-0.15, -0.1) is 21.5 Å². The molecule has 0 aliphatic carbocycles. The molecule has 6 nitrogen and oxygen atoms in total. The van der Waals surface area contributed by atoms with Crippen LogP contribution < -0.4 is 5.32 Å². The Balaban J connectivity index is 1.59. The number of halogens is 1. The predicted molar refractivity (Wildman–Crippen MR) is 105 cm³/mol. The molecule has 3 aromatic heterocycles. The maximum Gasteiger partial charge on any atom is 0.138 e. The summed E-state index contributed by atoms with van der Waals surface area (Å²) in [5.74, 6) is 1.81. The molecule has 1 aromatic carbocycles. The number of thiophene rings is 1. The normalized spacial score (nSPS) is 11.4. The van der Waals surface area contributed by atoms with Crippen LogP contribution in [0.1, 0.15) is 25.6 Å². The molecule has 0 saturated carbocycles. The van der Waals surface area contributed by atoms with E-state index in [1.165, 1.54) is 12.1 Å². The van der Waals surface area contributed by atoms with Crippen molar-refractivity contribution in [2.24, 2.45) is 0 Å². The lowest BCUT2D eigenvalue weighted by Crippen LogP contribution is -2.14. The third-order valence-electron chi connectivity index (χ3n) is 4.33. The van der Waals surface area contributed by atoms with Gasteiger partial charge in [0, 0.05) is 30.0 Å². The van der Waals surface area contributed by atoms with Gasteiger partial charge in [0.05, 0.1) is 5.39 Å². The Kier molecular flexibility index (Phi) is 4.81. The Bertz CT molecular complexity index is 1050. The van der Waals surface area contributed by atoms with E-state index >= 15 is 0 Å². The number of nitrogens with one attached hydrogen (secondary N) is 1. The smallest absolute Gasteiger partial charge is 0.138 e. The summed E-state index contributed by atoms with van der Waals surface area (Å²) in [4.78, 5) is 9.70. The highest BCUT2D eigenvalue weighted by Gasteiger charge is 2.13. The van der Waals surface area contributed by atoms with E-state index in [-0.39, 0.29) is 5.82 Å². The van der Waals surface area contributed by atoms with Crippen molar-refractivity contribution >= 4 is 27.4 Å². The number of hydrogen-bond donors (Lipinski definition) is 1. The minimum Gasteiger partial charge on any atom is -0.368 e. The molecule has 0 unspecified atom stereocenters. The second-order valence-electron chi connectivity index (χ2n) is 6.52.